The zero-order chi connectivity index (χ0) is 29.6. The van der Waals surface area contributed by atoms with Gasteiger partial charge in [-0.25, -0.2) is 14.6 Å². The number of nitrogens with one attached hydrogen (secondary N) is 2. The number of aryl methyl sites for hydroxylation is 2. The number of esters is 2. The Bertz CT molecular complexity index is 1400. The number of rotatable bonds is 8. The van der Waals surface area contributed by atoms with E-state index in [1.54, 1.807) is 19.9 Å². The van der Waals surface area contributed by atoms with Crippen LogP contribution in [0.4, 0.5) is 10.0 Å². The van der Waals surface area contributed by atoms with Gasteiger partial charge in [0, 0.05) is 9.75 Å². The van der Waals surface area contributed by atoms with Gasteiger partial charge in [-0.1, -0.05) is 18.9 Å². The normalized spacial score (nSPS) is 14.5. The van der Waals surface area contributed by atoms with Crippen molar-refractivity contribution in [3.8, 4) is 0 Å². The first-order valence-corrected chi connectivity index (χ1v) is 16.3. The Kier molecular flexibility index (Phi) is 9.69. The number of pyridine rings is 1. The van der Waals surface area contributed by atoms with Gasteiger partial charge in [0.25, 0.3) is 11.8 Å². The standard InChI is InChI=1S/C31H35N3O6S2/c1-3-39-30(37)24-18-12-7-5-9-16-22(18)41-28(24)33-26(35)20-14-11-15-21(32-20)27(36)34-29-25(31(38)40-4-2)19-13-8-6-10-17-23(19)42-29/h11,14-15H,3-10,12-13,16-17H2,1-2H3,(H,33,35)(H,34,36). The van der Waals surface area contributed by atoms with Crippen molar-refractivity contribution < 1.29 is 28.7 Å². The largest absolute Gasteiger partial charge is 0.462 e. The van der Waals surface area contributed by atoms with Crippen molar-refractivity contribution in [1.29, 1.82) is 0 Å². The summed E-state index contributed by atoms with van der Waals surface area (Å²) < 4.78 is 10.6. The number of thiophene rings is 2. The summed E-state index contributed by atoms with van der Waals surface area (Å²) >= 11 is 2.81. The fourth-order valence-electron chi connectivity index (χ4n) is 5.52. The molecule has 2 amide bonds. The van der Waals surface area contributed by atoms with Crippen LogP contribution in [0.5, 0.6) is 0 Å². The van der Waals surface area contributed by atoms with Crippen molar-refractivity contribution in [2.75, 3.05) is 23.8 Å². The zero-order valence-corrected chi connectivity index (χ0v) is 25.6. The van der Waals surface area contributed by atoms with E-state index < -0.39 is 23.8 Å². The van der Waals surface area contributed by atoms with Crippen molar-refractivity contribution in [1.82, 2.24) is 4.98 Å². The highest BCUT2D eigenvalue weighted by Gasteiger charge is 2.29. The highest BCUT2D eigenvalue weighted by molar-refractivity contribution is 7.17. The van der Waals surface area contributed by atoms with Crippen LogP contribution in [-0.4, -0.2) is 42.0 Å². The molecule has 222 valence electrons. The Balaban J connectivity index is 1.38. The Hall–Kier alpha value is -3.57. The predicted molar refractivity (Wildman–Crippen MR) is 163 cm³/mol. The maximum Gasteiger partial charge on any atom is 0.341 e. The Labute approximate surface area is 253 Å². The molecule has 0 bridgehead atoms. The summed E-state index contributed by atoms with van der Waals surface area (Å²) in [6.45, 7) is 3.98. The number of hydrogen-bond acceptors (Lipinski definition) is 9. The summed E-state index contributed by atoms with van der Waals surface area (Å²) in [6, 6.07) is 4.63. The number of hydrogen-bond donors (Lipinski definition) is 2. The highest BCUT2D eigenvalue weighted by Crippen LogP contribution is 2.39. The number of carbonyl (C=O) groups is 4. The summed E-state index contributed by atoms with van der Waals surface area (Å²) in [6.07, 6.45) is 9.47. The molecule has 0 atom stereocenters. The third-order valence-electron chi connectivity index (χ3n) is 7.47. The second-order valence-electron chi connectivity index (χ2n) is 10.3. The van der Waals surface area contributed by atoms with Gasteiger partial charge in [-0.3, -0.25) is 9.59 Å². The van der Waals surface area contributed by atoms with Gasteiger partial charge in [0.1, 0.15) is 21.4 Å². The first-order chi connectivity index (χ1) is 20.4. The summed E-state index contributed by atoms with van der Waals surface area (Å²) in [7, 11) is 0. The second kappa shape index (κ2) is 13.6. The van der Waals surface area contributed by atoms with Gasteiger partial charge in [0.15, 0.2) is 0 Å². The van der Waals surface area contributed by atoms with Crippen LogP contribution in [-0.2, 0) is 35.2 Å². The van der Waals surface area contributed by atoms with Gasteiger partial charge in [-0.05, 0) is 88.5 Å². The predicted octanol–water partition coefficient (Wildman–Crippen LogP) is 6.60. The van der Waals surface area contributed by atoms with Crippen molar-refractivity contribution in [2.45, 2.75) is 78.1 Å². The van der Waals surface area contributed by atoms with E-state index >= 15 is 0 Å². The lowest BCUT2D eigenvalue weighted by Gasteiger charge is -2.10. The van der Waals surface area contributed by atoms with Crippen molar-refractivity contribution in [3.05, 3.63) is 61.6 Å². The summed E-state index contributed by atoms with van der Waals surface area (Å²) in [5.41, 5.74) is 2.83. The third-order valence-corrected chi connectivity index (χ3v) is 9.88. The van der Waals surface area contributed by atoms with Gasteiger partial charge in [0.05, 0.1) is 24.3 Å². The second-order valence-corrected chi connectivity index (χ2v) is 12.5. The van der Waals surface area contributed by atoms with Crippen LogP contribution in [0.2, 0.25) is 0 Å². The number of amides is 2. The zero-order valence-electron chi connectivity index (χ0n) is 23.9. The smallest absolute Gasteiger partial charge is 0.341 e. The third kappa shape index (κ3) is 6.42. The fourth-order valence-corrected chi connectivity index (χ4v) is 8.07. The molecular formula is C31H35N3O6S2. The molecule has 0 saturated heterocycles. The van der Waals surface area contributed by atoms with E-state index in [-0.39, 0.29) is 24.6 Å². The first kappa shape index (κ1) is 29.9. The minimum Gasteiger partial charge on any atom is -0.462 e. The lowest BCUT2D eigenvalue weighted by atomic mass is 10.1. The minimum atomic E-state index is -0.526. The molecule has 0 fully saturated rings. The number of nitrogens with zero attached hydrogens (tertiary/aromatic N) is 1. The first-order valence-electron chi connectivity index (χ1n) is 14.6. The van der Waals surface area contributed by atoms with Crippen LogP contribution in [0.15, 0.2) is 18.2 Å². The van der Waals surface area contributed by atoms with E-state index in [4.69, 9.17) is 9.47 Å². The van der Waals surface area contributed by atoms with E-state index in [0.29, 0.717) is 21.1 Å². The summed E-state index contributed by atoms with van der Waals surface area (Å²) in [4.78, 5) is 59.0. The number of anilines is 2. The molecule has 5 rings (SSSR count). The molecule has 42 heavy (non-hydrogen) atoms. The molecule has 0 spiro atoms. The molecule has 9 nitrogen and oxygen atoms in total. The minimum absolute atomic E-state index is 0.0358. The van der Waals surface area contributed by atoms with Gasteiger partial charge in [-0.2, -0.15) is 0 Å². The van der Waals surface area contributed by atoms with Gasteiger partial charge >= 0.3 is 11.9 Å². The van der Waals surface area contributed by atoms with E-state index in [2.05, 4.69) is 15.6 Å². The monoisotopic (exact) mass is 609 g/mol. The maximum absolute atomic E-state index is 13.3. The number of carbonyl (C=O) groups excluding carboxylic acids is 4. The number of ether oxygens (including phenoxy) is 2. The van der Waals surface area contributed by atoms with E-state index in [9.17, 15) is 19.2 Å². The van der Waals surface area contributed by atoms with Crippen molar-refractivity contribution in [2.24, 2.45) is 0 Å². The van der Waals surface area contributed by atoms with Crippen LogP contribution >= 0.6 is 22.7 Å². The number of aromatic nitrogens is 1. The van der Waals surface area contributed by atoms with Crippen LogP contribution in [0.25, 0.3) is 0 Å². The van der Waals surface area contributed by atoms with Crippen LogP contribution in [0, 0.1) is 0 Å². The fraction of sp³-hybridized carbons (Fsp3) is 0.452. The lowest BCUT2D eigenvalue weighted by molar-refractivity contribution is 0.0517. The Morgan fingerprint density at radius 2 is 1.12 bits per heavy atom. The Morgan fingerprint density at radius 3 is 1.55 bits per heavy atom. The Morgan fingerprint density at radius 1 is 0.690 bits per heavy atom. The quantitative estimate of drug-likeness (QED) is 0.218. The van der Waals surface area contributed by atoms with Gasteiger partial charge < -0.3 is 20.1 Å². The molecule has 3 aromatic rings. The topological polar surface area (TPSA) is 124 Å². The van der Waals surface area contributed by atoms with Gasteiger partial charge in [0.2, 0.25) is 0 Å². The van der Waals surface area contributed by atoms with Gasteiger partial charge in [-0.15, -0.1) is 22.7 Å². The molecule has 3 heterocycles. The summed E-state index contributed by atoms with van der Waals surface area (Å²) in [5.74, 6) is -1.94. The lowest BCUT2D eigenvalue weighted by Crippen LogP contribution is -2.20. The molecule has 2 N–H and O–H groups in total. The van der Waals surface area contributed by atoms with Crippen LogP contribution in [0.3, 0.4) is 0 Å². The molecule has 2 aliphatic carbocycles. The molecule has 11 heteroatoms. The van der Waals surface area contributed by atoms with E-state index in [1.165, 1.54) is 34.8 Å². The molecule has 0 aromatic carbocycles. The van der Waals surface area contributed by atoms with Crippen molar-refractivity contribution in [3.63, 3.8) is 0 Å². The van der Waals surface area contributed by atoms with E-state index in [0.717, 1.165) is 85.1 Å². The molecule has 3 aromatic heterocycles. The molecule has 0 unspecified atom stereocenters. The number of fused-ring (bicyclic) bond motifs is 2. The highest BCUT2D eigenvalue weighted by atomic mass is 32.1. The molecule has 0 saturated carbocycles. The SMILES string of the molecule is CCOC(=O)c1c(NC(=O)c2cccc(C(=O)Nc3sc4c(c3C(=O)OCC)CCCCC4)n2)sc2c1CCCCC2. The van der Waals surface area contributed by atoms with Crippen molar-refractivity contribution >= 4 is 56.4 Å². The van der Waals surface area contributed by atoms with Crippen LogP contribution < -0.4 is 10.6 Å². The summed E-state index contributed by atoms with van der Waals surface area (Å²) in [5, 5.41) is 6.62. The molecule has 2 aliphatic rings. The van der Waals surface area contributed by atoms with E-state index in [1.807, 2.05) is 0 Å². The van der Waals surface area contributed by atoms with Crippen LogP contribution in [0.1, 0.15) is 115 Å². The molecule has 0 aliphatic heterocycles. The average Bonchev–Trinajstić information content (AvgIpc) is 3.26. The molecular weight excluding hydrogens is 574 g/mol. The average molecular weight is 610 g/mol. The maximum atomic E-state index is 13.3. The molecule has 0 radical (unpaired) electrons.